The fourth-order valence-corrected chi connectivity index (χ4v) is 2.17. The van der Waals surface area contributed by atoms with Crippen molar-refractivity contribution in [2.24, 2.45) is 5.41 Å². The van der Waals surface area contributed by atoms with Gasteiger partial charge in [0.15, 0.2) is 5.79 Å². The van der Waals surface area contributed by atoms with Gasteiger partial charge in [-0.05, 0) is 32.9 Å². The Morgan fingerprint density at radius 3 is 2.40 bits per heavy atom. The Balaban J connectivity index is 2.09. The molecule has 1 saturated heterocycles. The average Bonchev–Trinajstić information content (AvgIpc) is 2.55. The van der Waals surface area contributed by atoms with Gasteiger partial charge in [-0.15, -0.1) is 0 Å². The second kappa shape index (κ2) is 6.77. The molecule has 1 N–H and O–H groups in total. The van der Waals surface area contributed by atoms with Gasteiger partial charge in [0.05, 0.1) is 29.3 Å². The molecular formula is C16H19NO8. The lowest BCUT2D eigenvalue weighted by Crippen LogP contribution is -2.49. The minimum absolute atomic E-state index is 0.0961. The number of carboxylic acids is 1. The molecule has 0 aliphatic carbocycles. The fourth-order valence-electron chi connectivity index (χ4n) is 2.17. The lowest BCUT2D eigenvalue weighted by Gasteiger charge is -2.39. The molecule has 0 bridgehead atoms. The molecule has 136 valence electrons. The van der Waals surface area contributed by atoms with E-state index in [4.69, 9.17) is 19.3 Å². The number of nitro benzene ring substituents is 1. The number of aromatic carboxylic acids is 1. The van der Waals surface area contributed by atoms with Gasteiger partial charge < -0.3 is 19.3 Å². The number of nitrogens with zero attached hydrogens (tertiary/aromatic N) is 1. The Morgan fingerprint density at radius 1 is 1.28 bits per heavy atom. The highest BCUT2D eigenvalue weighted by atomic mass is 16.7. The van der Waals surface area contributed by atoms with Crippen LogP contribution in [0.15, 0.2) is 18.2 Å². The van der Waals surface area contributed by atoms with Crippen LogP contribution in [0, 0.1) is 15.5 Å². The minimum atomic E-state index is -1.28. The van der Waals surface area contributed by atoms with Gasteiger partial charge in [-0.25, -0.2) is 4.79 Å². The molecule has 0 spiro atoms. The van der Waals surface area contributed by atoms with Gasteiger partial charge in [0.25, 0.3) is 5.69 Å². The van der Waals surface area contributed by atoms with Crippen LogP contribution in [-0.4, -0.2) is 41.0 Å². The molecule has 1 aliphatic heterocycles. The second-order valence-electron chi connectivity index (χ2n) is 6.52. The van der Waals surface area contributed by atoms with Crippen LogP contribution in [0.2, 0.25) is 0 Å². The number of hydrogen-bond acceptors (Lipinski definition) is 7. The summed E-state index contributed by atoms with van der Waals surface area (Å²) in [5.74, 6) is -2.68. The van der Waals surface area contributed by atoms with E-state index >= 15 is 0 Å². The molecule has 2 rings (SSSR count). The Bertz CT molecular complexity index is 702. The first-order valence-electron chi connectivity index (χ1n) is 7.50. The van der Waals surface area contributed by atoms with Crippen LogP contribution in [0.3, 0.4) is 0 Å². The van der Waals surface area contributed by atoms with Crippen LogP contribution in [0.1, 0.15) is 36.7 Å². The molecule has 9 heteroatoms. The van der Waals surface area contributed by atoms with Gasteiger partial charge in [-0.2, -0.15) is 0 Å². The van der Waals surface area contributed by atoms with Crippen LogP contribution in [0.5, 0.6) is 0 Å². The third kappa shape index (κ3) is 4.31. The van der Waals surface area contributed by atoms with Crippen molar-refractivity contribution < 1.29 is 33.8 Å². The highest BCUT2D eigenvalue weighted by Crippen LogP contribution is 2.31. The maximum absolute atomic E-state index is 12.3. The van der Waals surface area contributed by atoms with Crippen LogP contribution in [0.4, 0.5) is 5.69 Å². The minimum Gasteiger partial charge on any atom is -0.478 e. The standard InChI is InChI=1S/C16H19NO8/c1-15(2)24-8-16(3,9-25-15)14(20)23-7-11-5-4-10(13(18)19)6-12(11)17(21)22/h4-6H,7-9H2,1-3H3,(H,18,19). The summed E-state index contributed by atoms with van der Waals surface area (Å²) in [6.07, 6.45) is 0. The van der Waals surface area contributed by atoms with Crippen LogP contribution in [0.25, 0.3) is 0 Å². The van der Waals surface area contributed by atoms with Crippen molar-refractivity contribution in [1.29, 1.82) is 0 Å². The molecule has 0 radical (unpaired) electrons. The predicted octanol–water partition coefficient (Wildman–Crippen LogP) is 2.13. The van der Waals surface area contributed by atoms with E-state index in [1.54, 1.807) is 20.8 Å². The molecule has 0 saturated carbocycles. The van der Waals surface area contributed by atoms with Crippen LogP contribution >= 0.6 is 0 Å². The smallest absolute Gasteiger partial charge is 0.335 e. The highest BCUT2D eigenvalue weighted by Gasteiger charge is 2.43. The van der Waals surface area contributed by atoms with Gasteiger partial charge in [0, 0.05) is 6.07 Å². The van der Waals surface area contributed by atoms with Gasteiger partial charge >= 0.3 is 11.9 Å². The molecule has 1 heterocycles. The van der Waals surface area contributed by atoms with Crippen LogP contribution in [-0.2, 0) is 25.6 Å². The zero-order valence-electron chi connectivity index (χ0n) is 14.1. The molecule has 9 nitrogen and oxygen atoms in total. The zero-order valence-corrected chi connectivity index (χ0v) is 14.1. The zero-order chi connectivity index (χ0) is 18.8. The van der Waals surface area contributed by atoms with Crippen molar-refractivity contribution in [3.63, 3.8) is 0 Å². The summed E-state index contributed by atoms with van der Waals surface area (Å²) in [7, 11) is 0. The lowest BCUT2D eigenvalue weighted by atomic mass is 9.92. The van der Waals surface area contributed by atoms with E-state index in [1.165, 1.54) is 12.1 Å². The Labute approximate surface area is 143 Å². The third-order valence-electron chi connectivity index (χ3n) is 3.86. The summed E-state index contributed by atoms with van der Waals surface area (Å²) in [5, 5.41) is 20.0. The molecule has 1 aliphatic rings. The average molecular weight is 353 g/mol. The van der Waals surface area contributed by atoms with Crippen molar-refractivity contribution >= 4 is 17.6 Å². The number of rotatable bonds is 5. The first kappa shape index (κ1) is 18.8. The largest absolute Gasteiger partial charge is 0.478 e. The Morgan fingerprint density at radius 2 is 1.88 bits per heavy atom. The summed E-state index contributed by atoms with van der Waals surface area (Å²) in [6, 6.07) is 3.41. The lowest BCUT2D eigenvalue weighted by molar-refractivity contribution is -0.385. The van der Waals surface area contributed by atoms with Gasteiger partial charge in [0.2, 0.25) is 0 Å². The Hall–Kier alpha value is -2.52. The van der Waals surface area contributed by atoms with Crippen molar-refractivity contribution in [3.05, 3.63) is 39.4 Å². The van der Waals surface area contributed by atoms with E-state index in [1.807, 2.05) is 0 Å². The fraction of sp³-hybridized carbons (Fsp3) is 0.500. The molecular weight excluding hydrogens is 334 g/mol. The highest BCUT2D eigenvalue weighted by molar-refractivity contribution is 5.88. The Kier molecular flexibility index (Phi) is 5.09. The molecule has 0 amide bonds. The second-order valence-corrected chi connectivity index (χ2v) is 6.52. The van der Waals surface area contributed by atoms with Crippen LogP contribution < -0.4 is 0 Å². The number of hydrogen-bond donors (Lipinski definition) is 1. The number of ether oxygens (including phenoxy) is 3. The van der Waals surface area contributed by atoms with E-state index in [-0.39, 0.29) is 30.9 Å². The van der Waals surface area contributed by atoms with E-state index in [0.29, 0.717) is 0 Å². The van der Waals surface area contributed by atoms with Crippen molar-refractivity contribution in [2.45, 2.75) is 33.2 Å². The first-order chi connectivity index (χ1) is 11.5. The normalized spacial score (nSPS) is 18.4. The molecule has 0 atom stereocenters. The van der Waals surface area contributed by atoms with Crippen molar-refractivity contribution in [1.82, 2.24) is 0 Å². The maximum atomic E-state index is 12.3. The van der Waals surface area contributed by atoms with Gasteiger partial charge in [-0.1, -0.05) is 0 Å². The predicted molar refractivity (Wildman–Crippen MR) is 83.9 cm³/mol. The number of carbonyl (C=O) groups is 2. The molecule has 0 aromatic heterocycles. The number of carboxylic acid groups (broad SMARTS) is 1. The number of carbonyl (C=O) groups excluding carboxylic acids is 1. The monoisotopic (exact) mass is 353 g/mol. The van der Waals surface area contributed by atoms with Crippen molar-refractivity contribution in [3.8, 4) is 0 Å². The molecule has 1 aromatic carbocycles. The van der Waals surface area contributed by atoms with Gasteiger partial charge in [0.1, 0.15) is 12.0 Å². The molecule has 1 aromatic rings. The summed E-state index contributed by atoms with van der Waals surface area (Å²) in [6.45, 7) is 4.91. The number of nitro groups is 1. The van der Waals surface area contributed by atoms with E-state index in [9.17, 15) is 19.7 Å². The van der Waals surface area contributed by atoms with E-state index < -0.39 is 33.8 Å². The van der Waals surface area contributed by atoms with Crippen molar-refractivity contribution in [2.75, 3.05) is 13.2 Å². The SMILES string of the molecule is CC1(C)OCC(C)(C(=O)OCc2ccc(C(=O)O)cc2[N+](=O)[O-])CO1. The van der Waals surface area contributed by atoms with E-state index in [2.05, 4.69) is 0 Å². The molecule has 25 heavy (non-hydrogen) atoms. The summed E-state index contributed by atoms with van der Waals surface area (Å²) >= 11 is 0. The maximum Gasteiger partial charge on any atom is 0.335 e. The van der Waals surface area contributed by atoms with Gasteiger partial charge in [-0.3, -0.25) is 14.9 Å². The summed E-state index contributed by atoms with van der Waals surface area (Å²) in [5.41, 5.74) is -1.56. The number of esters is 1. The number of benzene rings is 1. The quantitative estimate of drug-likeness (QED) is 0.485. The third-order valence-corrected chi connectivity index (χ3v) is 3.86. The molecule has 1 fully saturated rings. The first-order valence-corrected chi connectivity index (χ1v) is 7.50. The van der Waals surface area contributed by atoms with E-state index in [0.717, 1.165) is 6.07 Å². The molecule has 0 unspecified atom stereocenters. The summed E-state index contributed by atoms with van der Waals surface area (Å²) in [4.78, 5) is 33.6. The topological polar surface area (TPSA) is 125 Å². The summed E-state index contributed by atoms with van der Waals surface area (Å²) < 4.78 is 16.1.